The Morgan fingerprint density at radius 1 is 1.10 bits per heavy atom. The molecule has 9 heteroatoms. The van der Waals surface area contributed by atoms with Crippen molar-refractivity contribution in [3.05, 3.63) is 70.2 Å². The van der Waals surface area contributed by atoms with Crippen molar-refractivity contribution >= 4 is 51.6 Å². The Bertz CT molecular complexity index is 994. The molecule has 2 aromatic rings. The van der Waals surface area contributed by atoms with Gasteiger partial charge in [0.1, 0.15) is 0 Å². The second kappa shape index (κ2) is 10.8. The third kappa shape index (κ3) is 6.83. The van der Waals surface area contributed by atoms with Gasteiger partial charge in [0, 0.05) is 30.6 Å². The molecule has 0 amide bonds. The molecule has 0 bridgehead atoms. The molecular weight excluding hydrogens is 535 g/mol. The zero-order valence-corrected chi connectivity index (χ0v) is 21.0. The summed E-state index contributed by atoms with van der Waals surface area (Å²) in [4.78, 5) is 4.30. The summed E-state index contributed by atoms with van der Waals surface area (Å²) >= 11 is 6.15. The van der Waals surface area contributed by atoms with Crippen LogP contribution in [-0.2, 0) is 27.7 Å². The Labute approximate surface area is 201 Å². The van der Waals surface area contributed by atoms with Crippen LogP contribution in [0.15, 0.2) is 53.5 Å². The molecule has 6 nitrogen and oxygen atoms in total. The Balaban J connectivity index is 0.00000320. The molecule has 0 atom stereocenters. The molecule has 0 radical (unpaired) electrons. The Kier molecular flexibility index (Phi) is 8.96. The topological polar surface area (TPSA) is 82.6 Å². The Morgan fingerprint density at radius 3 is 2.43 bits per heavy atom. The largest absolute Gasteiger partial charge is 0.356 e. The second-order valence-electron chi connectivity index (χ2n) is 7.35. The molecule has 0 saturated heterocycles. The van der Waals surface area contributed by atoms with Gasteiger partial charge < -0.3 is 10.6 Å². The summed E-state index contributed by atoms with van der Waals surface area (Å²) < 4.78 is 25.8. The minimum absolute atomic E-state index is 0. The van der Waals surface area contributed by atoms with Gasteiger partial charge >= 0.3 is 0 Å². The highest BCUT2D eigenvalue weighted by atomic mass is 127. The summed E-state index contributed by atoms with van der Waals surface area (Å²) in [5, 5.41) is 7.47. The van der Waals surface area contributed by atoms with E-state index in [1.165, 1.54) is 12.6 Å². The third-order valence-electron chi connectivity index (χ3n) is 5.23. The molecule has 0 aliphatic heterocycles. The highest BCUT2D eigenvalue weighted by Crippen LogP contribution is 2.48. The van der Waals surface area contributed by atoms with E-state index < -0.39 is 10.0 Å². The molecule has 1 aliphatic rings. The van der Waals surface area contributed by atoms with Crippen LogP contribution in [0, 0.1) is 0 Å². The lowest BCUT2D eigenvalue weighted by molar-refractivity contribution is 0.587. The highest BCUT2D eigenvalue weighted by Gasteiger charge is 2.44. The average Bonchev–Trinajstić information content (AvgIpc) is 3.49. The summed E-state index contributed by atoms with van der Waals surface area (Å²) in [6.07, 6.45) is 2.25. The number of hydrogen-bond donors (Lipinski definition) is 3. The lowest BCUT2D eigenvalue weighted by Crippen LogP contribution is -2.40. The van der Waals surface area contributed by atoms with Crippen LogP contribution in [0.1, 0.15) is 29.5 Å². The Hall–Kier alpha value is -1.36. The Morgan fingerprint density at radius 2 is 1.80 bits per heavy atom. The summed E-state index contributed by atoms with van der Waals surface area (Å²) in [7, 11) is -0.125. The van der Waals surface area contributed by atoms with Crippen LogP contribution in [0.5, 0.6) is 0 Å². The van der Waals surface area contributed by atoms with E-state index in [0.29, 0.717) is 12.5 Å². The smallest absolute Gasteiger partial charge is 0.215 e. The molecular formula is C21H28ClIN4O2S. The number of halogens is 2. The van der Waals surface area contributed by atoms with Gasteiger partial charge in [-0.25, -0.2) is 13.1 Å². The molecule has 3 rings (SSSR count). The quantitative estimate of drug-likeness (QED) is 0.262. The van der Waals surface area contributed by atoms with Gasteiger partial charge in [-0.1, -0.05) is 48.0 Å². The fraction of sp³-hybridized carbons (Fsp3) is 0.381. The first-order chi connectivity index (χ1) is 13.9. The van der Waals surface area contributed by atoms with Gasteiger partial charge in [-0.15, -0.1) is 24.0 Å². The molecule has 164 valence electrons. The molecule has 0 aromatic heterocycles. The molecule has 1 fully saturated rings. The van der Waals surface area contributed by atoms with Crippen LogP contribution in [-0.4, -0.2) is 35.0 Å². The number of hydrogen-bond acceptors (Lipinski definition) is 3. The number of sulfonamides is 1. The van der Waals surface area contributed by atoms with E-state index in [2.05, 4.69) is 26.4 Å². The highest BCUT2D eigenvalue weighted by molar-refractivity contribution is 14.0. The van der Waals surface area contributed by atoms with Crippen LogP contribution in [0.25, 0.3) is 0 Å². The second-order valence-corrected chi connectivity index (χ2v) is 9.72. The SMILES string of the molecule is CN=C(NCc1cccc(CS(=O)(=O)NC)c1)NCC1(c2cccc(Cl)c2)CC1.I. The maximum atomic E-state index is 11.8. The normalized spacial score (nSPS) is 15.2. The molecule has 0 spiro atoms. The summed E-state index contributed by atoms with van der Waals surface area (Å²) in [5.41, 5.74) is 3.11. The standard InChI is InChI=1S/C21H27ClN4O2S.HI/c1-23-20(26-15-21(9-10-21)18-7-4-8-19(22)12-18)25-13-16-5-3-6-17(11-16)14-29(27,28)24-2;/h3-8,11-12,24H,9-10,13-15H2,1-2H3,(H2,23,25,26);1H. The van der Waals surface area contributed by atoms with E-state index in [1.807, 2.05) is 42.5 Å². The molecule has 0 heterocycles. The van der Waals surface area contributed by atoms with Gasteiger partial charge in [0.2, 0.25) is 10.0 Å². The third-order valence-corrected chi connectivity index (χ3v) is 6.80. The number of nitrogens with one attached hydrogen (secondary N) is 3. The molecule has 0 unspecified atom stereocenters. The van der Waals surface area contributed by atoms with Crippen molar-refractivity contribution in [1.82, 2.24) is 15.4 Å². The van der Waals surface area contributed by atoms with Gasteiger partial charge in [0.25, 0.3) is 0 Å². The van der Waals surface area contributed by atoms with Crippen molar-refractivity contribution < 1.29 is 8.42 Å². The summed E-state index contributed by atoms with van der Waals surface area (Å²) in [6.45, 7) is 1.34. The number of benzene rings is 2. The lowest BCUT2D eigenvalue weighted by atomic mass is 9.96. The molecule has 30 heavy (non-hydrogen) atoms. The lowest BCUT2D eigenvalue weighted by Gasteiger charge is -2.19. The molecule has 1 aliphatic carbocycles. The summed E-state index contributed by atoms with van der Waals surface area (Å²) in [6, 6.07) is 15.6. The van der Waals surface area contributed by atoms with Crippen molar-refractivity contribution in [1.29, 1.82) is 0 Å². The molecule has 1 saturated carbocycles. The van der Waals surface area contributed by atoms with Crippen LogP contribution >= 0.6 is 35.6 Å². The summed E-state index contributed by atoms with van der Waals surface area (Å²) in [5.74, 6) is 0.679. The van der Waals surface area contributed by atoms with Gasteiger partial charge in [-0.2, -0.15) is 0 Å². The number of guanidine groups is 1. The van der Waals surface area contributed by atoms with Crippen molar-refractivity contribution in [2.45, 2.75) is 30.6 Å². The van der Waals surface area contributed by atoms with Crippen molar-refractivity contribution in [2.24, 2.45) is 4.99 Å². The predicted octanol–water partition coefficient (Wildman–Crippen LogP) is 3.40. The van der Waals surface area contributed by atoms with Crippen LogP contribution < -0.4 is 15.4 Å². The molecule has 2 aromatic carbocycles. The van der Waals surface area contributed by atoms with Crippen molar-refractivity contribution in [3.63, 3.8) is 0 Å². The zero-order chi connectivity index (χ0) is 20.9. The van der Waals surface area contributed by atoms with E-state index in [-0.39, 0.29) is 35.1 Å². The van der Waals surface area contributed by atoms with Crippen LogP contribution in [0.2, 0.25) is 5.02 Å². The first kappa shape index (κ1) is 24.9. The first-order valence-corrected chi connectivity index (χ1v) is 11.6. The fourth-order valence-corrected chi connectivity index (χ4v) is 4.27. The number of rotatable bonds is 8. The number of nitrogens with zero attached hydrogens (tertiary/aromatic N) is 1. The number of aliphatic imine (C=N–C) groups is 1. The van der Waals surface area contributed by atoms with E-state index in [9.17, 15) is 8.42 Å². The van der Waals surface area contributed by atoms with Gasteiger partial charge in [0.15, 0.2) is 5.96 Å². The monoisotopic (exact) mass is 562 g/mol. The van der Waals surface area contributed by atoms with Gasteiger partial charge in [-0.3, -0.25) is 4.99 Å². The van der Waals surface area contributed by atoms with Crippen molar-refractivity contribution in [2.75, 3.05) is 20.6 Å². The maximum Gasteiger partial charge on any atom is 0.215 e. The zero-order valence-electron chi connectivity index (χ0n) is 17.1. The van der Waals surface area contributed by atoms with Crippen LogP contribution in [0.4, 0.5) is 0 Å². The minimum Gasteiger partial charge on any atom is -0.356 e. The predicted molar refractivity (Wildman–Crippen MR) is 134 cm³/mol. The van der Waals surface area contributed by atoms with E-state index >= 15 is 0 Å². The van der Waals surface area contributed by atoms with E-state index in [1.54, 1.807) is 7.05 Å². The van der Waals surface area contributed by atoms with Crippen molar-refractivity contribution in [3.8, 4) is 0 Å². The average molecular weight is 563 g/mol. The van der Waals surface area contributed by atoms with Gasteiger partial charge in [0.05, 0.1) is 5.75 Å². The van der Waals surface area contributed by atoms with E-state index in [4.69, 9.17) is 11.6 Å². The maximum absolute atomic E-state index is 11.8. The van der Waals surface area contributed by atoms with Crippen LogP contribution in [0.3, 0.4) is 0 Å². The van der Waals surface area contributed by atoms with E-state index in [0.717, 1.165) is 35.5 Å². The van der Waals surface area contributed by atoms with Gasteiger partial charge in [-0.05, 0) is 48.7 Å². The molecule has 3 N–H and O–H groups in total. The minimum atomic E-state index is -3.29. The first-order valence-electron chi connectivity index (χ1n) is 9.55. The fourth-order valence-electron chi connectivity index (χ4n) is 3.32.